The van der Waals surface area contributed by atoms with Gasteiger partial charge in [-0.05, 0) is 34.9 Å². The van der Waals surface area contributed by atoms with Crippen LogP contribution in [0.1, 0.15) is 57.6 Å². The van der Waals surface area contributed by atoms with Crippen LogP contribution in [0.3, 0.4) is 0 Å². The summed E-state index contributed by atoms with van der Waals surface area (Å²) < 4.78 is 5.44. The Morgan fingerprint density at radius 3 is 2.50 bits per heavy atom. The number of methoxy groups -OCH3 is 1. The fourth-order valence-electron chi connectivity index (χ4n) is 2.07. The lowest BCUT2D eigenvalue weighted by Crippen LogP contribution is -2.13. The number of ether oxygens (including phenoxy) is 1. The van der Waals surface area contributed by atoms with Crippen LogP contribution in [0.5, 0.6) is 5.75 Å². The Hall–Kier alpha value is -1.49. The molecule has 0 heterocycles. The predicted molar refractivity (Wildman–Crippen MR) is 75.0 cm³/mol. The normalized spacial score (nSPS) is 12.9. The van der Waals surface area contributed by atoms with Crippen LogP contribution in [0.25, 0.3) is 0 Å². The van der Waals surface area contributed by atoms with Gasteiger partial charge in [-0.1, -0.05) is 39.8 Å². The minimum Gasteiger partial charge on any atom is -0.496 e. The van der Waals surface area contributed by atoms with Crippen LogP contribution in [-0.2, 0) is 5.41 Å². The minimum atomic E-state index is 0.0658. The van der Waals surface area contributed by atoms with E-state index in [0.717, 1.165) is 12.2 Å². The Morgan fingerprint density at radius 1 is 1.33 bits per heavy atom. The zero-order valence-electron chi connectivity index (χ0n) is 12.1. The van der Waals surface area contributed by atoms with Gasteiger partial charge in [-0.15, -0.1) is 0 Å². The van der Waals surface area contributed by atoms with E-state index < -0.39 is 0 Å². The smallest absolute Gasteiger partial charge is 0.122 e. The van der Waals surface area contributed by atoms with Gasteiger partial charge in [0.25, 0.3) is 0 Å². The predicted octanol–water partition coefficient (Wildman–Crippen LogP) is 4.40. The van der Waals surface area contributed by atoms with Crippen molar-refractivity contribution in [1.82, 2.24) is 0 Å². The third kappa shape index (κ3) is 3.50. The second kappa shape index (κ2) is 5.91. The molecular weight excluding hydrogens is 222 g/mol. The first kappa shape index (κ1) is 14.6. The van der Waals surface area contributed by atoms with Gasteiger partial charge in [0.1, 0.15) is 5.75 Å². The molecule has 0 saturated carbocycles. The van der Waals surface area contributed by atoms with E-state index in [2.05, 4.69) is 45.9 Å². The van der Waals surface area contributed by atoms with E-state index >= 15 is 0 Å². The molecule has 1 aromatic carbocycles. The SMILES string of the molecule is COc1ccc(C(C)CCC#N)cc1C(C)(C)C. The molecule has 0 spiro atoms. The molecule has 0 aromatic heterocycles. The van der Waals surface area contributed by atoms with E-state index in [-0.39, 0.29) is 5.41 Å². The zero-order chi connectivity index (χ0) is 13.8. The third-order valence-electron chi connectivity index (χ3n) is 3.29. The first-order chi connectivity index (χ1) is 8.40. The summed E-state index contributed by atoms with van der Waals surface area (Å²) in [5.41, 5.74) is 2.58. The molecule has 0 aliphatic carbocycles. The van der Waals surface area contributed by atoms with Gasteiger partial charge in [-0.25, -0.2) is 0 Å². The monoisotopic (exact) mass is 245 g/mol. The summed E-state index contributed by atoms with van der Waals surface area (Å²) >= 11 is 0. The lowest BCUT2D eigenvalue weighted by atomic mass is 9.83. The molecule has 0 N–H and O–H groups in total. The highest BCUT2D eigenvalue weighted by Crippen LogP contribution is 2.34. The second-order valence-electron chi connectivity index (χ2n) is 5.81. The molecule has 0 saturated heterocycles. The van der Waals surface area contributed by atoms with Gasteiger partial charge in [0.05, 0.1) is 13.2 Å². The van der Waals surface area contributed by atoms with E-state index in [0.29, 0.717) is 12.3 Å². The van der Waals surface area contributed by atoms with E-state index in [1.165, 1.54) is 11.1 Å². The van der Waals surface area contributed by atoms with Crippen molar-refractivity contribution in [2.45, 2.75) is 51.9 Å². The van der Waals surface area contributed by atoms with Crippen molar-refractivity contribution in [2.75, 3.05) is 7.11 Å². The molecule has 0 radical (unpaired) electrons. The summed E-state index contributed by atoms with van der Waals surface area (Å²) in [4.78, 5) is 0. The van der Waals surface area contributed by atoms with Gasteiger partial charge in [0.15, 0.2) is 0 Å². The quantitative estimate of drug-likeness (QED) is 0.787. The van der Waals surface area contributed by atoms with E-state index in [1.807, 2.05) is 6.07 Å². The Balaban J connectivity index is 3.07. The first-order valence-corrected chi connectivity index (χ1v) is 6.45. The highest BCUT2D eigenvalue weighted by molar-refractivity contribution is 5.42. The summed E-state index contributed by atoms with van der Waals surface area (Å²) in [5, 5.41) is 8.66. The van der Waals surface area contributed by atoms with Gasteiger partial charge in [-0.3, -0.25) is 0 Å². The van der Waals surface area contributed by atoms with Gasteiger partial charge in [0, 0.05) is 6.42 Å². The van der Waals surface area contributed by atoms with Crippen molar-refractivity contribution in [3.8, 4) is 11.8 Å². The molecule has 2 nitrogen and oxygen atoms in total. The lowest BCUT2D eigenvalue weighted by Gasteiger charge is -2.24. The molecule has 2 heteroatoms. The number of hydrogen-bond acceptors (Lipinski definition) is 2. The van der Waals surface area contributed by atoms with Crippen LogP contribution in [0.2, 0.25) is 0 Å². The molecule has 0 bridgehead atoms. The topological polar surface area (TPSA) is 33.0 Å². The largest absolute Gasteiger partial charge is 0.496 e. The second-order valence-corrected chi connectivity index (χ2v) is 5.81. The number of nitrogens with zero attached hydrogens (tertiary/aromatic N) is 1. The molecule has 1 rings (SSSR count). The molecule has 0 fully saturated rings. The average Bonchev–Trinajstić information content (AvgIpc) is 2.34. The number of benzene rings is 1. The molecule has 0 amide bonds. The maximum Gasteiger partial charge on any atom is 0.122 e. The lowest BCUT2D eigenvalue weighted by molar-refractivity contribution is 0.397. The molecule has 0 aliphatic heterocycles. The molecule has 18 heavy (non-hydrogen) atoms. The summed E-state index contributed by atoms with van der Waals surface area (Å²) in [5.74, 6) is 1.36. The molecule has 0 aliphatic rings. The van der Waals surface area contributed by atoms with Crippen molar-refractivity contribution in [3.63, 3.8) is 0 Å². The molecule has 1 atom stereocenters. The van der Waals surface area contributed by atoms with Crippen LogP contribution >= 0.6 is 0 Å². The standard InChI is InChI=1S/C16H23NO/c1-12(7-6-10-17)13-8-9-15(18-5)14(11-13)16(2,3)4/h8-9,11-12H,6-7H2,1-5H3. The summed E-state index contributed by atoms with van der Waals surface area (Å²) in [6.07, 6.45) is 1.52. The fraction of sp³-hybridized carbons (Fsp3) is 0.562. The molecule has 98 valence electrons. The summed E-state index contributed by atoms with van der Waals surface area (Å²) in [7, 11) is 1.71. The van der Waals surface area contributed by atoms with Gasteiger partial charge in [0.2, 0.25) is 0 Å². The Labute approximate surface area is 111 Å². The van der Waals surface area contributed by atoms with Gasteiger partial charge in [-0.2, -0.15) is 5.26 Å². The van der Waals surface area contributed by atoms with E-state index in [1.54, 1.807) is 7.11 Å². The van der Waals surface area contributed by atoms with E-state index in [4.69, 9.17) is 10.00 Å². The van der Waals surface area contributed by atoms with Crippen LogP contribution in [0.4, 0.5) is 0 Å². The number of nitriles is 1. The van der Waals surface area contributed by atoms with Gasteiger partial charge < -0.3 is 4.74 Å². The molecule has 1 aromatic rings. The van der Waals surface area contributed by atoms with Crippen molar-refractivity contribution in [1.29, 1.82) is 5.26 Å². The maximum atomic E-state index is 8.66. The minimum absolute atomic E-state index is 0.0658. The molecular formula is C16H23NO. The van der Waals surface area contributed by atoms with Crippen LogP contribution < -0.4 is 4.74 Å². The van der Waals surface area contributed by atoms with Crippen molar-refractivity contribution in [3.05, 3.63) is 29.3 Å². The summed E-state index contributed by atoms with van der Waals surface area (Å²) in [6, 6.07) is 8.58. The van der Waals surface area contributed by atoms with Crippen LogP contribution in [-0.4, -0.2) is 7.11 Å². The Bertz CT molecular complexity index is 437. The Kier molecular flexibility index (Phi) is 4.78. The van der Waals surface area contributed by atoms with Crippen molar-refractivity contribution < 1.29 is 4.74 Å². The summed E-state index contributed by atoms with van der Waals surface area (Å²) in [6.45, 7) is 8.74. The third-order valence-corrected chi connectivity index (χ3v) is 3.29. The highest BCUT2D eigenvalue weighted by Gasteiger charge is 2.20. The van der Waals surface area contributed by atoms with Crippen LogP contribution in [0.15, 0.2) is 18.2 Å². The maximum absolute atomic E-state index is 8.66. The number of hydrogen-bond donors (Lipinski definition) is 0. The van der Waals surface area contributed by atoms with Crippen molar-refractivity contribution in [2.24, 2.45) is 0 Å². The average molecular weight is 245 g/mol. The van der Waals surface area contributed by atoms with Crippen LogP contribution in [0, 0.1) is 11.3 Å². The fourth-order valence-corrected chi connectivity index (χ4v) is 2.07. The zero-order valence-corrected chi connectivity index (χ0v) is 12.1. The molecule has 1 unspecified atom stereocenters. The van der Waals surface area contributed by atoms with E-state index in [9.17, 15) is 0 Å². The number of rotatable bonds is 4. The Morgan fingerprint density at radius 2 is 2.00 bits per heavy atom. The highest BCUT2D eigenvalue weighted by atomic mass is 16.5. The van der Waals surface area contributed by atoms with Crippen molar-refractivity contribution >= 4 is 0 Å². The first-order valence-electron chi connectivity index (χ1n) is 6.45. The van der Waals surface area contributed by atoms with Gasteiger partial charge >= 0.3 is 0 Å².